The molecule has 0 fully saturated rings. The van der Waals surface area contributed by atoms with Crippen LogP contribution in [0.5, 0.6) is 0 Å². The summed E-state index contributed by atoms with van der Waals surface area (Å²) in [7, 11) is -1.52. The van der Waals surface area contributed by atoms with Gasteiger partial charge in [-0.2, -0.15) is 4.31 Å². The van der Waals surface area contributed by atoms with E-state index in [0.29, 0.717) is 6.42 Å². The van der Waals surface area contributed by atoms with Gasteiger partial charge < -0.3 is 5.73 Å². The molecule has 0 aromatic rings. The molecule has 0 aromatic carbocycles. The summed E-state index contributed by atoms with van der Waals surface area (Å²) in [4.78, 5) is 0. The fraction of sp³-hybridized carbons (Fsp3) is 1.00. The van der Waals surface area contributed by atoms with E-state index in [9.17, 15) is 8.42 Å². The topological polar surface area (TPSA) is 63.4 Å². The summed E-state index contributed by atoms with van der Waals surface area (Å²) in [5, 5.41) is 0. The predicted octanol–water partition coefficient (Wildman–Crippen LogP) is 1.17. The van der Waals surface area contributed by atoms with Crippen LogP contribution in [0.2, 0.25) is 0 Å². The molecule has 0 aliphatic carbocycles. The highest BCUT2D eigenvalue weighted by atomic mass is 32.2. The molecule has 5 heteroatoms. The average molecular weight is 236 g/mol. The minimum Gasteiger partial charge on any atom is -0.328 e. The van der Waals surface area contributed by atoms with Crippen LogP contribution >= 0.6 is 0 Å². The van der Waals surface area contributed by atoms with E-state index in [1.54, 1.807) is 7.05 Å². The molecule has 2 N–H and O–H groups in total. The van der Waals surface area contributed by atoms with Crippen LogP contribution in [0.1, 0.15) is 40.0 Å². The molecule has 4 nitrogen and oxygen atoms in total. The van der Waals surface area contributed by atoms with Crippen molar-refractivity contribution in [2.24, 2.45) is 5.73 Å². The number of sulfonamides is 1. The second-order valence-electron chi connectivity index (χ2n) is 4.45. The van der Waals surface area contributed by atoms with E-state index < -0.39 is 10.0 Å². The van der Waals surface area contributed by atoms with Crippen LogP contribution < -0.4 is 5.73 Å². The molecule has 0 radical (unpaired) electrons. The van der Waals surface area contributed by atoms with Crippen LogP contribution in [-0.4, -0.2) is 37.6 Å². The first-order valence-electron chi connectivity index (χ1n) is 5.37. The quantitative estimate of drug-likeness (QED) is 0.753. The van der Waals surface area contributed by atoms with E-state index in [2.05, 4.69) is 0 Å². The number of hydrogen-bond acceptors (Lipinski definition) is 3. The van der Waals surface area contributed by atoms with Crippen molar-refractivity contribution in [3.05, 3.63) is 0 Å². The van der Waals surface area contributed by atoms with Gasteiger partial charge in [0.2, 0.25) is 10.0 Å². The largest absolute Gasteiger partial charge is 0.328 e. The zero-order valence-electron chi connectivity index (χ0n) is 10.4. The van der Waals surface area contributed by atoms with Crippen molar-refractivity contribution >= 4 is 10.0 Å². The standard InChI is InChI=1S/C10H24N2O2S/c1-6-9(11)8-10(3,7-2)12(4)15(5,13)14/h9H,6-8,11H2,1-5H3. The van der Waals surface area contributed by atoms with Crippen molar-refractivity contribution in [2.75, 3.05) is 13.3 Å². The van der Waals surface area contributed by atoms with Gasteiger partial charge in [0.1, 0.15) is 0 Å². The summed E-state index contributed by atoms with van der Waals surface area (Å²) in [6.07, 6.45) is 3.57. The summed E-state index contributed by atoms with van der Waals surface area (Å²) in [5.74, 6) is 0. The van der Waals surface area contributed by atoms with Crippen molar-refractivity contribution < 1.29 is 8.42 Å². The predicted molar refractivity (Wildman–Crippen MR) is 64.2 cm³/mol. The maximum absolute atomic E-state index is 11.5. The van der Waals surface area contributed by atoms with Crippen molar-refractivity contribution in [3.8, 4) is 0 Å². The molecular weight excluding hydrogens is 212 g/mol. The van der Waals surface area contributed by atoms with Gasteiger partial charge in [0, 0.05) is 18.6 Å². The zero-order valence-corrected chi connectivity index (χ0v) is 11.3. The summed E-state index contributed by atoms with van der Waals surface area (Å²) in [6.45, 7) is 5.95. The normalized spacial score (nSPS) is 18.9. The molecule has 0 bridgehead atoms. The van der Waals surface area contributed by atoms with Gasteiger partial charge in [-0.25, -0.2) is 8.42 Å². The maximum Gasteiger partial charge on any atom is 0.211 e. The number of rotatable bonds is 6. The Kier molecular flexibility index (Phi) is 5.23. The molecule has 0 saturated carbocycles. The van der Waals surface area contributed by atoms with Crippen molar-refractivity contribution in [1.82, 2.24) is 4.31 Å². The molecule has 0 saturated heterocycles. The fourth-order valence-electron chi connectivity index (χ4n) is 1.61. The van der Waals surface area contributed by atoms with Gasteiger partial charge in [0.25, 0.3) is 0 Å². The van der Waals surface area contributed by atoms with Gasteiger partial charge in [-0.05, 0) is 26.2 Å². The number of nitrogens with zero attached hydrogens (tertiary/aromatic N) is 1. The lowest BCUT2D eigenvalue weighted by atomic mass is 9.90. The molecule has 0 rings (SSSR count). The van der Waals surface area contributed by atoms with Crippen LogP contribution in [0.15, 0.2) is 0 Å². The van der Waals surface area contributed by atoms with Crippen molar-refractivity contribution in [3.63, 3.8) is 0 Å². The van der Waals surface area contributed by atoms with E-state index in [0.717, 1.165) is 12.8 Å². The van der Waals surface area contributed by atoms with Crippen LogP contribution in [-0.2, 0) is 10.0 Å². The van der Waals surface area contributed by atoms with Gasteiger partial charge in [-0.15, -0.1) is 0 Å². The Bertz CT molecular complexity index is 290. The van der Waals surface area contributed by atoms with Gasteiger partial charge in [0.15, 0.2) is 0 Å². The number of hydrogen-bond donors (Lipinski definition) is 1. The summed E-state index contributed by atoms with van der Waals surface area (Å²) in [5.41, 5.74) is 5.52. The Balaban J connectivity index is 4.85. The van der Waals surface area contributed by atoms with Gasteiger partial charge in [-0.3, -0.25) is 0 Å². The average Bonchev–Trinajstić information content (AvgIpc) is 2.14. The van der Waals surface area contributed by atoms with Crippen LogP contribution in [0.4, 0.5) is 0 Å². The van der Waals surface area contributed by atoms with E-state index in [4.69, 9.17) is 5.73 Å². The zero-order chi connectivity index (χ0) is 12.3. The molecule has 0 aliphatic rings. The second-order valence-corrected chi connectivity index (χ2v) is 6.47. The first kappa shape index (κ1) is 14.9. The van der Waals surface area contributed by atoms with Gasteiger partial charge in [-0.1, -0.05) is 13.8 Å². The molecule has 2 unspecified atom stereocenters. The summed E-state index contributed by atoms with van der Waals surface area (Å²) < 4.78 is 24.4. The lowest BCUT2D eigenvalue weighted by molar-refractivity contribution is 0.201. The van der Waals surface area contributed by atoms with Crippen molar-refractivity contribution in [1.29, 1.82) is 0 Å². The maximum atomic E-state index is 11.5. The molecule has 0 aliphatic heterocycles. The molecule has 0 heterocycles. The lowest BCUT2D eigenvalue weighted by Gasteiger charge is -2.38. The van der Waals surface area contributed by atoms with Gasteiger partial charge in [0.05, 0.1) is 6.26 Å². The smallest absolute Gasteiger partial charge is 0.211 e. The molecule has 92 valence electrons. The van der Waals surface area contributed by atoms with Crippen LogP contribution in [0.3, 0.4) is 0 Å². The monoisotopic (exact) mass is 236 g/mol. The highest BCUT2D eigenvalue weighted by Crippen LogP contribution is 2.26. The molecule has 0 amide bonds. The summed E-state index contributed by atoms with van der Waals surface area (Å²) in [6, 6.07) is 0.0548. The first-order valence-corrected chi connectivity index (χ1v) is 7.21. The SMILES string of the molecule is CCC(N)CC(C)(CC)N(C)S(C)(=O)=O. The Morgan fingerprint density at radius 3 is 2.13 bits per heavy atom. The Hall–Kier alpha value is -0.130. The van der Waals surface area contributed by atoms with Crippen molar-refractivity contribution in [2.45, 2.75) is 51.6 Å². The van der Waals surface area contributed by atoms with Crippen LogP contribution in [0.25, 0.3) is 0 Å². The minimum absolute atomic E-state index is 0.0548. The highest BCUT2D eigenvalue weighted by molar-refractivity contribution is 7.88. The molecule has 2 atom stereocenters. The Morgan fingerprint density at radius 1 is 1.40 bits per heavy atom. The second kappa shape index (κ2) is 5.27. The van der Waals surface area contributed by atoms with E-state index in [-0.39, 0.29) is 11.6 Å². The van der Waals surface area contributed by atoms with Crippen LogP contribution in [0, 0.1) is 0 Å². The third-order valence-electron chi connectivity index (χ3n) is 3.25. The van der Waals surface area contributed by atoms with E-state index in [1.807, 2.05) is 20.8 Å². The number of nitrogens with two attached hydrogens (primary N) is 1. The fourth-order valence-corrected chi connectivity index (χ4v) is 2.61. The van der Waals surface area contributed by atoms with E-state index in [1.165, 1.54) is 10.6 Å². The Labute approximate surface area is 93.9 Å². The van der Waals surface area contributed by atoms with Gasteiger partial charge >= 0.3 is 0 Å². The minimum atomic E-state index is -3.15. The molecule has 15 heavy (non-hydrogen) atoms. The third kappa shape index (κ3) is 4.09. The molecule has 0 spiro atoms. The first-order chi connectivity index (χ1) is 6.67. The third-order valence-corrected chi connectivity index (χ3v) is 4.68. The summed E-state index contributed by atoms with van der Waals surface area (Å²) >= 11 is 0. The lowest BCUT2D eigenvalue weighted by Crippen LogP contribution is -2.49. The Morgan fingerprint density at radius 2 is 1.87 bits per heavy atom. The molecule has 0 aromatic heterocycles. The highest BCUT2D eigenvalue weighted by Gasteiger charge is 2.34. The molecular formula is C10H24N2O2S. The van der Waals surface area contributed by atoms with E-state index >= 15 is 0 Å².